The maximum Gasteiger partial charge on any atom is 0.407 e. The van der Waals surface area contributed by atoms with E-state index in [2.05, 4.69) is 6.92 Å². The number of amides is 1. The number of nitrogens with two attached hydrogens (primary N) is 1. The standard InChI is InChI=1S/C6H11NO2.C3H9N/c8-6(9)7-4-2-1-3-5-7;1-2-3-4/h1-5H2,(H,8,9);2-4H2,1H3. The molecule has 0 unspecified atom stereocenters. The fourth-order valence-electron chi connectivity index (χ4n) is 1.09. The molecular weight excluding hydrogens is 168 g/mol. The van der Waals surface area contributed by atoms with Gasteiger partial charge in [-0.3, -0.25) is 0 Å². The number of piperidine rings is 1. The molecule has 4 nitrogen and oxygen atoms in total. The molecule has 0 aromatic carbocycles. The Kier molecular flexibility index (Phi) is 7.39. The summed E-state index contributed by atoms with van der Waals surface area (Å²) in [5, 5.41) is 8.46. The molecule has 4 heteroatoms. The molecule has 0 aromatic heterocycles. The molecule has 13 heavy (non-hydrogen) atoms. The van der Waals surface area contributed by atoms with Crippen LogP contribution in [0.2, 0.25) is 0 Å². The van der Waals surface area contributed by atoms with Gasteiger partial charge < -0.3 is 15.7 Å². The van der Waals surface area contributed by atoms with Crippen LogP contribution in [0.5, 0.6) is 0 Å². The van der Waals surface area contributed by atoms with Crippen LogP contribution in [0.25, 0.3) is 0 Å². The monoisotopic (exact) mass is 188 g/mol. The average Bonchev–Trinajstić information content (AvgIpc) is 2.19. The Bertz CT molecular complexity index is 132. The molecule has 78 valence electrons. The summed E-state index contributed by atoms with van der Waals surface area (Å²) in [6.45, 7) is 4.34. The maximum atomic E-state index is 10.3. The van der Waals surface area contributed by atoms with Crippen LogP contribution in [0.15, 0.2) is 0 Å². The molecule has 1 rings (SSSR count). The van der Waals surface area contributed by atoms with E-state index in [1.165, 1.54) is 11.3 Å². The first kappa shape index (κ1) is 12.2. The highest BCUT2D eigenvalue weighted by Crippen LogP contribution is 2.07. The van der Waals surface area contributed by atoms with Crippen molar-refractivity contribution in [1.82, 2.24) is 4.90 Å². The van der Waals surface area contributed by atoms with Gasteiger partial charge in [-0.1, -0.05) is 6.92 Å². The fourth-order valence-corrected chi connectivity index (χ4v) is 1.09. The molecule has 1 aliphatic rings. The molecule has 1 amide bonds. The molecule has 1 fully saturated rings. The normalized spacial score (nSPS) is 16.0. The Hall–Kier alpha value is -0.770. The summed E-state index contributed by atoms with van der Waals surface area (Å²) >= 11 is 0. The third-order valence-electron chi connectivity index (χ3n) is 1.92. The molecule has 0 bridgehead atoms. The summed E-state index contributed by atoms with van der Waals surface area (Å²) < 4.78 is 0. The second kappa shape index (κ2) is 7.86. The minimum atomic E-state index is -0.769. The summed E-state index contributed by atoms with van der Waals surface area (Å²) in [5.41, 5.74) is 5.03. The van der Waals surface area contributed by atoms with Gasteiger partial charge in [0, 0.05) is 13.1 Å². The Balaban J connectivity index is 0.000000310. The van der Waals surface area contributed by atoms with Crippen LogP contribution in [-0.2, 0) is 0 Å². The first-order chi connectivity index (χ1) is 6.22. The number of likely N-dealkylation sites (tertiary alicyclic amines) is 1. The lowest BCUT2D eigenvalue weighted by molar-refractivity contribution is 0.136. The summed E-state index contributed by atoms with van der Waals surface area (Å²) in [6.07, 6.45) is 3.58. The number of nitrogens with zero attached hydrogens (tertiary/aromatic N) is 1. The van der Waals surface area contributed by atoms with E-state index in [1.807, 2.05) is 0 Å². The third-order valence-corrected chi connectivity index (χ3v) is 1.92. The van der Waals surface area contributed by atoms with E-state index in [1.54, 1.807) is 0 Å². The number of carbonyl (C=O) groups is 1. The van der Waals surface area contributed by atoms with E-state index in [0.29, 0.717) is 0 Å². The molecule has 0 aliphatic carbocycles. The van der Waals surface area contributed by atoms with Crippen LogP contribution >= 0.6 is 0 Å². The van der Waals surface area contributed by atoms with Gasteiger partial charge in [-0.05, 0) is 32.2 Å². The molecule has 0 radical (unpaired) electrons. The Labute approximate surface area is 79.7 Å². The van der Waals surface area contributed by atoms with E-state index in [4.69, 9.17) is 10.8 Å². The Morgan fingerprint density at radius 1 is 1.38 bits per heavy atom. The van der Waals surface area contributed by atoms with Gasteiger partial charge in [0.25, 0.3) is 0 Å². The number of hydrogen-bond acceptors (Lipinski definition) is 2. The van der Waals surface area contributed by atoms with Gasteiger partial charge in [0.15, 0.2) is 0 Å². The van der Waals surface area contributed by atoms with Gasteiger partial charge >= 0.3 is 6.09 Å². The molecule has 0 atom stereocenters. The zero-order valence-electron chi connectivity index (χ0n) is 8.33. The van der Waals surface area contributed by atoms with E-state index in [9.17, 15) is 4.79 Å². The smallest absolute Gasteiger partial charge is 0.407 e. The second-order valence-electron chi connectivity index (χ2n) is 3.12. The van der Waals surface area contributed by atoms with Crippen molar-refractivity contribution in [3.8, 4) is 0 Å². The molecular formula is C9H20N2O2. The molecule has 3 N–H and O–H groups in total. The highest BCUT2D eigenvalue weighted by atomic mass is 16.4. The van der Waals surface area contributed by atoms with Gasteiger partial charge in [-0.25, -0.2) is 4.79 Å². The highest BCUT2D eigenvalue weighted by molar-refractivity contribution is 5.64. The van der Waals surface area contributed by atoms with Gasteiger partial charge in [0.05, 0.1) is 0 Å². The highest BCUT2D eigenvalue weighted by Gasteiger charge is 2.13. The Morgan fingerprint density at radius 2 is 1.85 bits per heavy atom. The van der Waals surface area contributed by atoms with E-state index >= 15 is 0 Å². The van der Waals surface area contributed by atoms with Crippen LogP contribution in [0.4, 0.5) is 4.79 Å². The van der Waals surface area contributed by atoms with Crippen molar-refractivity contribution < 1.29 is 9.90 Å². The van der Waals surface area contributed by atoms with Crippen molar-refractivity contribution in [3.05, 3.63) is 0 Å². The Morgan fingerprint density at radius 3 is 2.08 bits per heavy atom. The van der Waals surface area contributed by atoms with E-state index in [-0.39, 0.29) is 0 Å². The predicted octanol–water partition coefficient (Wildman–Crippen LogP) is 1.51. The zero-order valence-corrected chi connectivity index (χ0v) is 8.33. The van der Waals surface area contributed by atoms with Crippen molar-refractivity contribution >= 4 is 6.09 Å². The largest absolute Gasteiger partial charge is 0.465 e. The van der Waals surface area contributed by atoms with E-state index in [0.717, 1.165) is 38.9 Å². The van der Waals surface area contributed by atoms with Crippen molar-refractivity contribution in [3.63, 3.8) is 0 Å². The lowest BCUT2D eigenvalue weighted by atomic mass is 10.1. The van der Waals surface area contributed by atoms with Crippen LogP contribution in [0, 0.1) is 0 Å². The minimum Gasteiger partial charge on any atom is -0.465 e. The molecule has 1 saturated heterocycles. The minimum absolute atomic E-state index is 0.731. The lowest BCUT2D eigenvalue weighted by Gasteiger charge is -2.22. The zero-order chi connectivity index (χ0) is 10.1. The second-order valence-corrected chi connectivity index (χ2v) is 3.12. The van der Waals surface area contributed by atoms with Crippen molar-refractivity contribution in [2.24, 2.45) is 5.73 Å². The SMILES string of the molecule is CCCN.O=C(O)N1CCCCC1. The number of carboxylic acid groups (broad SMARTS) is 1. The molecule has 0 saturated carbocycles. The van der Waals surface area contributed by atoms with Crippen molar-refractivity contribution in [2.75, 3.05) is 19.6 Å². The van der Waals surface area contributed by atoms with Crippen LogP contribution in [0.3, 0.4) is 0 Å². The van der Waals surface area contributed by atoms with Gasteiger partial charge in [0.2, 0.25) is 0 Å². The summed E-state index contributed by atoms with van der Waals surface area (Å²) in [6, 6.07) is 0. The summed E-state index contributed by atoms with van der Waals surface area (Å²) in [5.74, 6) is 0. The number of rotatable bonds is 1. The van der Waals surface area contributed by atoms with Gasteiger partial charge in [-0.2, -0.15) is 0 Å². The first-order valence-corrected chi connectivity index (χ1v) is 4.90. The van der Waals surface area contributed by atoms with Gasteiger partial charge in [-0.15, -0.1) is 0 Å². The quantitative estimate of drug-likeness (QED) is 0.655. The fraction of sp³-hybridized carbons (Fsp3) is 0.889. The lowest BCUT2D eigenvalue weighted by Crippen LogP contribution is -2.34. The molecule has 1 aliphatic heterocycles. The number of hydrogen-bond donors (Lipinski definition) is 2. The third kappa shape index (κ3) is 6.40. The predicted molar refractivity (Wildman–Crippen MR) is 52.8 cm³/mol. The topological polar surface area (TPSA) is 66.6 Å². The van der Waals surface area contributed by atoms with Crippen LogP contribution < -0.4 is 5.73 Å². The van der Waals surface area contributed by atoms with Crippen molar-refractivity contribution in [2.45, 2.75) is 32.6 Å². The van der Waals surface area contributed by atoms with Crippen LogP contribution in [0.1, 0.15) is 32.6 Å². The summed E-state index contributed by atoms with van der Waals surface area (Å²) in [7, 11) is 0. The summed E-state index contributed by atoms with van der Waals surface area (Å²) in [4.78, 5) is 11.8. The van der Waals surface area contributed by atoms with Crippen LogP contribution in [-0.4, -0.2) is 35.7 Å². The molecule has 0 spiro atoms. The van der Waals surface area contributed by atoms with E-state index < -0.39 is 6.09 Å². The van der Waals surface area contributed by atoms with Crippen molar-refractivity contribution in [1.29, 1.82) is 0 Å². The first-order valence-electron chi connectivity index (χ1n) is 4.90. The van der Waals surface area contributed by atoms with Gasteiger partial charge in [0.1, 0.15) is 0 Å². The maximum absolute atomic E-state index is 10.3. The molecule has 1 heterocycles. The molecule has 0 aromatic rings. The average molecular weight is 188 g/mol.